The van der Waals surface area contributed by atoms with Crippen molar-refractivity contribution in [2.45, 2.75) is 25.8 Å². The predicted molar refractivity (Wildman–Crippen MR) is 101 cm³/mol. The normalized spacial score (nSPS) is 14.1. The second-order valence-corrected chi connectivity index (χ2v) is 6.47. The minimum atomic E-state index is -0.289. The molecular weight excluding hydrogens is 344 g/mol. The van der Waals surface area contributed by atoms with E-state index in [1.165, 1.54) is 4.90 Å². The molecule has 3 amide bonds. The van der Waals surface area contributed by atoms with Gasteiger partial charge in [-0.2, -0.15) is 0 Å². The number of carbonyl (C=O) groups excluding carboxylic acids is 3. The number of fused-ring (bicyclic) bond motifs is 1. The smallest absolute Gasteiger partial charge is 0.261 e. The molecule has 1 N–H and O–H groups in total. The maximum atomic E-state index is 12.3. The van der Waals surface area contributed by atoms with E-state index in [2.05, 4.69) is 5.32 Å². The lowest BCUT2D eigenvalue weighted by molar-refractivity contribution is -0.121. The van der Waals surface area contributed by atoms with Gasteiger partial charge in [0.1, 0.15) is 5.75 Å². The molecule has 6 heteroatoms. The second kappa shape index (κ2) is 8.03. The van der Waals surface area contributed by atoms with Crippen molar-refractivity contribution >= 4 is 17.7 Å². The summed E-state index contributed by atoms with van der Waals surface area (Å²) >= 11 is 0. The Kier molecular flexibility index (Phi) is 5.54. The standard InChI is InChI=1S/C21H22N2O4/c1-14(15-9-11-16(27-2)12-10-15)22-19(24)8-5-13-23-20(25)17-6-3-4-7-18(17)21(23)26/h3-4,6-7,9-12,14H,5,8,13H2,1-2H3,(H,22,24)/t14-/m1/s1. The van der Waals surface area contributed by atoms with Crippen molar-refractivity contribution in [3.63, 3.8) is 0 Å². The molecule has 0 radical (unpaired) electrons. The monoisotopic (exact) mass is 366 g/mol. The molecule has 27 heavy (non-hydrogen) atoms. The van der Waals surface area contributed by atoms with Crippen LogP contribution in [0.4, 0.5) is 0 Å². The number of benzene rings is 2. The summed E-state index contributed by atoms with van der Waals surface area (Å²) in [7, 11) is 1.61. The molecule has 0 saturated carbocycles. The summed E-state index contributed by atoms with van der Waals surface area (Å²) in [6.07, 6.45) is 0.667. The molecule has 1 aliphatic heterocycles. The van der Waals surface area contributed by atoms with Gasteiger partial charge in [-0.15, -0.1) is 0 Å². The van der Waals surface area contributed by atoms with Crippen molar-refractivity contribution in [1.82, 2.24) is 10.2 Å². The minimum Gasteiger partial charge on any atom is -0.497 e. The van der Waals surface area contributed by atoms with Crippen LogP contribution in [0.2, 0.25) is 0 Å². The Labute approximate surface area is 158 Å². The summed E-state index contributed by atoms with van der Waals surface area (Å²) in [4.78, 5) is 38.0. The van der Waals surface area contributed by atoms with Crippen molar-refractivity contribution in [3.05, 3.63) is 65.2 Å². The number of ether oxygens (including phenoxy) is 1. The van der Waals surface area contributed by atoms with Gasteiger partial charge in [-0.25, -0.2) is 0 Å². The van der Waals surface area contributed by atoms with Gasteiger partial charge >= 0.3 is 0 Å². The Morgan fingerprint density at radius 1 is 1.04 bits per heavy atom. The highest BCUT2D eigenvalue weighted by molar-refractivity contribution is 6.21. The summed E-state index contributed by atoms with van der Waals surface area (Å²) in [5.41, 5.74) is 1.84. The molecule has 1 heterocycles. The van der Waals surface area contributed by atoms with Crippen LogP contribution in [0.25, 0.3) is 0 Å². The Hall–Kier alpha value is -3.15. The Morgan fingerprint density at radius 2 is 1.63 bits per heavy atom. The summed E-state index contributed by atoms with van der Waals surface area (Å²) in [6, 6.07) is 14.1. The maximum absolute atomic E-state index is 12.3. The van der Waals surface area contributed by atoms with Crippen molar-refractivity contribution in [3.8, 4) is 5.75 Å². The van der Waals surface area contributed by atoms with E-state index in [1.54, 1.807) is 31.4 Å². The van der Waals surface area contributed by atoms with Crippen LogP contribution < -0.4 is 10.1 Å². The molecule has 6 nitrogen and oxygen atoms in total. The summed E-state index contributed by atoms with van der Waals surface area (Å²) in [5.74, 6) is 0.0679. The van der Waals surface area contributed by atoms with Crippen LogP contribution >= 0.6 is 0 Å². The van der Waals surface area contributed by atoms with Gasteiger partial charge in [0.25, 0.3) is 11.8 Å². The third kappa shape index (κ3) is 4.00. The topological polar surface area (TPSA) is 75.7 Å². The first-order valence-corrected chi connectivity index (χ1v) is 8.90. The number of amides is 3. The zero-order chi connectivity index (χ0) is 19.4. The van der Waals surface area contributed by atoms with Gasteiger partial charge in [0, 0.05) is 13.0 Å². The third-order valence-electron chi connectivity index (χ3n) is 4.66. The predicted octanol–water partition coefficient (Wildman–Crippen LogP) is 2.95. The van der Waals surface area contributed by atoms with Crippen LogP contribution in [-0.2, 0) is 4.79 Å². The van der Waals surface area contributed by atoms with E-state index in [0.29, 0.717) is 17.5 Å². The Bertz CT molecular complexity index is 826. The molecule has 2 aromatic rings. The third-order valence-corrected chi connectivity index (χ3v) is 4.66. The number of nitrogens with zero attached hydrogens (tertiary/aromatic N) is 1. The SMILES string of the molecule is COc1ccc([C@@H](C)NC(=O)CCCN2C(=O)c3ccccc3C2=O)cc1. The molecule has 0 aromatic heterocycles. The fraction of sp³-hybridized carbons (Fsp3) is 0.286. The number of methoxy groups -OCH3 is 1. The van der Waals surface area contributed by atoms with Crippen LogP contribution in [0.1, 0.15) is 52.1 Å². The first-order valence-electron chi connectivity index (χ1n) is 8.90. The lowest BCUT2D eigenvalue weighted by Crippen LogP contribution is -2.32. The van der Waals surface area contributed by atoms with E-state index in [4.69, 9.17) is 4.74 Å². The highest BCUT2D eigenvalue weighted by Crippen LogP contribution is 2.23. The molecule has 0 fully saturated rings. The van der Waals surface area contributed by atoms with Gasteiger partial charge in [-0.1, -0.05) is 24.3 Å². The number of carbonyl (C=O) groups is 3. The summed E-state index contributed by atoms with van der Waals surface area (Å²) in [5, 5.41) is 2.93. The van der Waals surface area contributed by atoms with Crippen molar-refractivity contribution in [2.24, 2.45) is 0 Å². The average molecular weight is 366 g/mol. The van der Waals surface area contributed by atoms with Crippen LogP contribution in [0.5, 0.6) is 5.75 Å². The van der Waals surface area contributed by atoms with E-state index in [0.717, 1.165) is 11.3 Å². The van der Waals surface area contributed by atoms with E-state index in [1.807, 2.05) is 31.2 Å². The fourth-order valence-electron chi connectivity index (χ4n) is 3.13. The van der Waals surface area contributed by atoms with Gasteiger partial charge in [0.2, 0.25) is 5.91 Å². The zero-order valence-electron chi connectivity index (χ0n) is 15.4. The number of nitrogens with one attached hydrogen (secondary N) is 1. The highest BCUT2D eigenvalue weighted by Gasteiger charge is 2.34. The highest BCUT2D eigenvalue weighted by atomic mass is 16.5. The van der Waals surface area contributed by atoms with E-state index in [9.17, 15) is 14.4 Å². The van der Waals surface area contributed by atoms with Crippen molar-refractivity contribution < 1.29 is 19.1 Å². The quantitative estimate of drug-likeness (QED) is 0.765. The Balaban J connectivity index is 1.48. The molecule has 0 aliphatic carbocycles. The van der Waals surface area contributed by atoms with E-state index < -0.39 is 0 Å². The number of rotatable bonds is 7. The van der Waals surface area contributed by atoms with Crippen molar-refractivity contribution in [2.75, 3.05) is 13.7 Å². The molecule has 3 rings (SSSR count). The molecular formula is C21H22N2O4. The van der Waals surface area contributed by atoms with Gasteiger partial charge < -0.3 is 10.1 Å². The van der Waals surface area contributed by atoms with Gasteiger partial charge in [0.05, 0.1) is 24.3 Å². The van der Waals surface area contributed by atoms with Crippen LogP contribution in [0.3, 0.4) is 0 Å². The Morgan fingerprint density at radius 3 is 2.19 bits per heavy atom. The zero-order valence-corrected chi connectivity index (χ0v) is 15.4. The molecule has 2 aromatic carbocycles. The first-order chi connectivity index (χ1) is 13.0. The van der Waals surface area contributed by atoms with Crippen LogP contribution in [0.15, 0.2) is 48.5 Å². The number of imide groups is 1. The fourth-order valence-corrected chi connectivity index (χ4v) is 3.13. The molecule has 1 aliphatic rings. The van der Waals surface area contributed by atoms with Crippen molar-refractivity contribution in [1.29, 1.82) is 0 Å². The lowest BCUT2D eigenvalue weighted by Gasteiger charge is -2.16. The van der Waals surface area contributed by atoms with Crippen LogP contribution in [-0.4, -0.2) is 36.3 Å². The minimum absolute atomic E-state index is 0.116. The first kappa shape index (κ1) is 18.6. The largest absolute Gasteiger partial charge is 0.497 e. The molecule has 0 spiro atoms. The molecule has 140 valence electrons. The average Bonchev–Trinajstić information content (AvgIpc) is 2.93. The summed E-state index contributed by atoms with van der Waals surface area (Å²) < 4.78 is 5.13. The molecule has 0 unspecified atom stereocenters. The summed E-state index contributed by atoms with van der Waals surface area (Å²) in [6.45, 7) is 2.14. The molecule has 0 bridgehead atoms. The number of hydrogen-bond acceptors (Lipinski definition) is 4. The number of hydrogen-bond donors (Lipinski definition) is 1. The van der Waals surface area contributed by atoms with E-state index >= 15 is 0 Å². The molecule has 1 atom stereocenters. The second-order valence-electron chi connectivity index (χ2n) is 6.47. The van der Waals surface area contributed by atoms with E-state index in [-0.39, 0.29) is 36.7 Å². The van der Waals surface area contributed by atoms with Gasteiger partial charge in [-0.3, -0.25) is 19.3 Å². The molecule has 0 saturated heterocycles. The van der Waals surface area contributed by atoms with Crippen LogP contribution in [0, 0.1) is 0 Å². The maximum Gasteiger partial charge on any atom is 0.261 e. The van der Waals surface area contributed by atoms with Gasteiger partial charge in [0.15, 0.2) is 0 Å². The van der Waals surface area contributed by atoms with Gasteiger partial charge in [-0.05, 0) is 43.2 Å². The lowest BCUT2D eigenvalue weighted by atomic mass is 10.1.